The van der Waals surface area contributed by atoms with Gasteiger partial charge in [-0.1, -0.05) is 30.3 Å². The Hall–Kier alpha value is -1.23. The first-order chi connectivity index (χ1) is 10.3. The summed E-state index contributed by atoms with van der Waals surface area (Å²) in [5.41, 5.74) is 2.45. The molecular formula is C17H21N3S. The molecule has 0 bridgehead atoms. The average Bonchev–Trinajstić information content (AvgIpc) is 3.21. The van der Waals surface area contributed by atoms with Gasteiger partial charge < -0.3 is 5.32 Å². The standard InChI is InChI=1S/C17H21N3S/c1-12-16-8-18-7-14(16)9-20(12)10-15-11-21-17(19-15)13-5-3-2-4-6-13/h2-6,11-12,14,16,18H,7-10H2,1H3. The summed E-state index contributed by atoms with van der Waals surface area (Å²) in [6.07, 6.45) is 0. The molecule has 3 unspecified atom stereocenters. The average molecular weight is 299 g/mol. The normalized spacial score (nSPS) is 28.9. The van der Waals surface area contributed by atoms with Crippen LogP contribution in [0.1, 0.15) is 12.6 Å². The lowest BCUT2D eigenvalue weighted by Gasteiger charge is -2.23. The van der Waals surface area contributed by atoms with Gasteiger partial charge in [0.2, 0.25) is 0 Å². The highest BCUT2D eigenvalue weighted by molar-refractivity contribution is 7.13. The summed E-state index contributed by atoms with van der Waals surface area (Å²) < 4.78 is 0. The van der Waals surface area contributed by atoms with Gasteiger partial charge in [0, 0.05) is 30.1 Å². The third-order valence-corrected chi connectivity index (χ3v) is 5.93. The van der Waals surface area contributed by atoms with Crippen LogP contribution < -0.4 is 5.32 Å². The van der Waals surface area contributed by atoms with Crippen molar-refractivity contribution in [1.29, 1.82) is 0 Å². The van der Waals surface area contributed by atoms with Gasteiger partial charge >= 0.3 is 0 Å². The number of hydrogen-bond donors (Lipinski definition) is 1. The Morgan fingerprint density at radius 2 is 2.14 bits per heavy atom. The van der Waals surface area contributed by atoms with Gasteiger partial charge in [-0.3, -0.25) is 4.90 Å². The van der Waals surface area contributed by atoms with Crippen molar-refractivity contribution in [2.45, 2.75) is 19.5 Å². The number of fused-ring (bicyclic) bond motifs is 1. The van der Waals surface area contributed by atoms with Crippen LogP contribution in [0.4, 0.5) is 0 Å². The van der Waals surface area contributed by atoms with Crippen molar-refractivity contribution in [3.63, 3.8) is 0 Å². The van der Waals surface area contributed by atoms with Gasteiger partial charge in [0.15, 0.2) is 0 Å². The summed E-state index contributed by atoms with van der Waals surface area (Å²) in [6, 6.07) is 11.2. The second-order valence-electron chi connectivity index (χ2n) is 6.26. The van der Waals surface area contributed by atoms with Crippen molar-refractivity contribution in [3.8, 4) is 10.6 Å². The van der Waals surface area contributed by atoms with E-state index in [-0.39, 0.29) is 0 Å². The molecule has 21 heavy (non-hydrogen) atoms. The molecule has 0 spiro atoms. The summed E-state index contributed by atoms with van der Waals surface area (Å²) in [4.78, 5) is 7.44. The highest BCUT2D eigenvalue weighted by Crippen LogP contribution is 2.33. The quantitative estimate of drug-likeness (QED) is 0.944. The molecule has 2 saturated heterocycles. The molecule has 4 rings (SSSR count). The van der Waals surface area contributed by atoms with Crippen LogP contribution in [-0.4, -0.2) is 35.6 Å². The lowest BCUT2D eigenvalue weighted by Crippen LogP contribution is -2.32. The topological polar surface area (TPSA) is 28.2 Å². The fourth-order valence-electron chi connectivity index (χ4n) is 3.77. The first kappa shape index (κ1) is 13.4. The molecule has 2 fully saturated rings. The Morgan fingerprint density at radius 3 is 2.95 bits per heavy atom. The zero-order valence-electron chi connectivity index (χ0n) is 12.3. The molecule has 0 aliphatic carbocycles. The molecule has 0 radical (unpaired) electrons. The molecule has 110 valence electrons. The second kappa shape index (κ2) is 5.52. The van der Waals surface area contributed by atoms with E-state index in [0.717, 1.165) is 23.4 Å². The summed E-state index contributed by atoms with van der Waals surface area (Å²) in [5, 5.41) is 6.89. The molecule has 3 nitrogen and oxygen atoms in total. The minimum absolute atomic E-state index is 0.673. The van der Waals surface area contributed by atoms with E-state index in [4.69, 9.17) is 4.98 Å². The number of hydrogen-bond acceptors (Lipinski definition) is 4. The van der Waals surface area contributed by atoms with E-state index in [9.17, 15) is 0 Å². The SMILES string of the molecule is CC1C2CNCC2CN1Cc1csc(-c2ccccc2)n1. The van der Waals surface area contributed by atoms with E-state index >= 15 is 0 Å². The van der Waals surface area contributed by atoms with E-state index in [1.165, 1.54) is 30.9 Å². The van der Waals surface area contributed by atoms with Crippen LogP contribution in [0.15, 0.2) is 35.7 Å². The van der Waals surface area contributed by atoms with Crippen LogP contribution in [0.25, 0.3) is 10.6 Å². The second-order valence-corrected chi connectivity index (χ2v) is 7.12. The lowest BCUT2D eigenvalue weighted by atomic mass is 9.95. The maximum atomic E-state index is 4.83. The van der Waals surface area contributed by atoms with E-state index < -0.39 is 0 Å². The Labute approximate surface area is 130 Å². The van der Waals surface area contributed by atoms with Crippen molar-refractivity contribution in [2.75, 3.05) is 19.6 Å². The molecule has 4 heteroatoms. The highest BCUT2D eigenvalue weighted by atomic mass is 32.1. The van der Waals surface area contributed by atoms with E-state index in [0.29, 0.717) is 6.04 Å². The van der Waals surface area contributed by atoms with Crippen molar-refractivity contribution < 1.29 is 0 Å². The number of likely N-dealkylation sites (tertiary alicyclic amines) is 1. The molecule has 2 aliphatic heterocycles. The molecule has 1 aromatic heterocycles. The third kappa shape index (κ3) is 2.52. The summed E-state index contributed by atoms with van der Waals surface area (Å²) in [7, 11) is 0. The van der Waals surface area contributed by atoms with Crippen molar-refractivity contribution in [1.82, 2.24) is 15.2 Å². The molecule has 1 N–H and O–H groups in total. The van der Waals surface area contributed by atoms with Crippen LogP contribution in [0.3, 0.4) is 0 Å². The fraction of sp³-hybridized carbons (Fsp3) is 0.471. The Morgan fingerprint density at radius 1 is 1.29 bits per heavy atom. The Bertz CT molecular complexity index is 610. The van der Waals surface area contributed by atoms with Crippen LogP contribution in [-0.2, 0) is 6.54 Å². The number of nitrogens with one attached hydrogen (secondary N) is 1. The molecule has 2 aliphatic rings. The van der Waals surface area contributed by atoms with Gasteiger partial charge in [0.1, 0.15) is 5.01 Å². The van der Waals surface area contributed by atoms with Crippen molar-refractivity contribution in [3.05, 3.63) is 41.4 Å². The predicted molar refractivity (Wildman–Crippen MR) is 87.3 cm³/mol. The number of thiazole rings is 1. The van der Waals surface area contributed by atoms with Gasteiger partial charge in [-0.05, 0) is 31.8 Å². The van der Waals surface area contributed by atoms with Gasteiger partial charge in [-0.2, -0.15) is 0 Å². The highest BCUT2D eigenvalue weighted by Gasteiger charge is 2.41. The largest absolute Gasteiger partial charge is 0.316 e. The van der Waals surface area contributed by atoms with Crippen molar-refractivity contribution in [2.24, 2.45) is 11.8 Å². The molecule has 2 aromatic rings. The zero-order valence-corrected chi connectivity index (χ0v) is 13.1. The van der Waals surface area contributed by atoms with E-state index in [2.05, 4.69) is 52.9 Å². The number of rotatable bonds is 3. The number of aromatic nitrogens is 1. The third-order valence-electron chi connectivity index (χ3n) is 4.99. The predicted octanol–water partition coefficient (Wildman–Crippen LogP) is 2.85. The van der Waals surface area contributed by atoms with Crippen LogP contribution in [0.5, 0.6) is 0 Å². The number of benzene rings is 1. The molecule has 0 saturated carbocycles. The number of nitrogens with zero attached hydrogens (tertiary/aromatic N) is 2. The Kier molecular flexibility index (Phi) is 3.53. The summed E-state index contributed by atoms with van der Waals surface area (Å²) in [5.74, 6) is 1.67. The first-order valence-corrected chi connectivity index (χ1v) is 8.64. The monoisotopic (exact) mass is 299 g/mol. The lowest BCUT2D eigenvalue weighted by molar-refractivity contribution is 0.229. The van der Waals surface area contributed by atoms with Gasteiger partial charge in [-0.25, -0.2) is 4.98 Å². The van der Waals surface area contributed by atoms with Crippen LogP contribution in [0.2, 0.25) is 0 Å². The Balaban J connectivity index is 1.48. The maximum absolute atomic E-state index is 4.83. The van der Waals surface area contributed by atoms with E-state index in [1.807, 2.05) is 0 Å². The van der Waals surface area contributed by atoms with E-state index in [1.54, 1.807) is 11.3 Å². The minimum Gasteiger partial charge on any atom is -0.316 e. The molecule has 3 atom stereocenters. The molecule has 3 heterocycles. The first-order valence-electron chi connectivity index (χ1n) is 7.76. The smallest absolute Gasteiger partial charge is 0.123 e. The van der Waals surface area contributed by atoms with Gasteiger partial charge in [-0.15, -0.1) is 11.3 Å². The maximum Gasteiger partial charge on any atom is 0.123 e. The summed E-state index contributed by atoms with van der Waals surface area (Å²) in [6.45, 7) is 6.98. The van der Waals surface area contributed by atoms with Crippen molar-refractivity contribution >= 4 is 11.3 Å². The molecule has 0 amide bonds. The van der Waals surface area contributed by atoms with Gasteiger partial charge in [0.25, 0.3) is 0 Å². The minimum atomic E-state index is 0.673. The fourth-order valence-corrected chi connectivity index (χ4v) is 4.58. The zero-order chi connectivity index (χ0) is 14.2. The molecular weight excluding hydrogens is 278 g/mol. The molecule has 1 aromatic carbocycles. The van der Waals surface area contributed by atoms with Crippen LogP contribution in [0, 0.1) is 11.8 Å². The van der Waals surface area contributed by atoms with Gasteiger partial charge in [0.05, 0.1) is 5.69 Å². The van der Waals surface area contributed by atoms with Crippen LogP contribution >= 0.6 is 11.3 Å². The summed E-state index contributed by atoms with van der Waals surface area (Å²) >= 11 is 1.76.